The number of nitrogens with two attached hydrogens (primary N) is 2. The molecule has 0 aliphatic carbocycles. The summed E-state index contributed by atoms with van der Waals surface area (Å²) in [5.41, 5.74) is 11.3. The Balaban J connectivity index is -0.000000807. The summed E-state index contributed by atoms with van der Waals surface area (Å²) < 4.78 is 27.0. The van der Waals surface area contributed by atoms with Gasteiger partial charge in [0.2, 0.25) is 0 Å². The van der Waals surface area contributed by atoms with Gasteiger partial charge in [0.05, 0.1) is 59.5 Å². The van der Waals surface area contributed by atoms with Crippen molar-refractivity contribution in [2.24, 2.45) is 16.9 Å². The lowest BCUT2D eigenvalue weighted by Crippen LogP contribution is -2.46. The number of ether oxygens (including phenoxy) is 5. The average Bonchev–Trinajstić information content (AvgIpc) is 2.58. The van der Waals surface area contributed by atoms with Gasteiger partial charge in [-0.15, -0.1) is 43.8 Å². The van der Waals surface area contributed by atoms with E-state index in [0.29, 0.717) is 79.2 Å². The Hall–Kier alpha value is 0.330. The van der Waals surface area contributed by atoms with Crippen molar-refractivity contribution >= 4 is 37.2 Å². The predicted octanol–water partition coefficient (Wildman–Crippen LogP) is 1.44. The normalized spacial score (nSPS) is 10.4. The summed E-state index contributed by atoms with van der Waals surface area (Å²) in [6.07, 6.45) is 1.70. The summed E-state index contributed by atoms with van der Waals surface area (Å²) in [5, 5.41) is 0. The third-order valence-electron chi connectivity index (χ3n) is 3.24. The molecule has 0 saturated carbocycles. The van der Waals surface area contributed by atoms with E-state index in [2.05, 4.69) is 6.58 Å². The van der Waals surface area contributed by atoms with Crippen LogP contribution in [0.1, 0.15) is 6.92 Å². The Kier molecular flexibility index (Phi) is 33.0. The van der Waals surface area contributed by atoms with Crippen molar-refractivity contribution in [3.8, 4) is 0 Å². The van der Waals surface area contributed by atoms with Crippen molar-refractivity contribution in [1.82, 2.24) is 0 Å². The largest absolute Gasteiger partial charge is 0.379 e. The van der Waals surface area contributed by atoms with Gasteiger partial charge in [0.1, 0.15) is 0 Å². The van der Waals surface area contributed by atoms with E-state index in [9.17, 15) is 0 Å². The van der Waals surface area contributed by atoms with Gasteiger partial charge in [-0.2, -0.15) is 0 Å². The van der Waals surface area contributed by atoms with Gasteiger partial charge < -0.3 is 35.2 Å². The van der Waals surface area contributed by atoms with E-state index in [4.69, 9.17) is 35.2 Å². The van der Waals surface area contributed by atoms with Crippen LogP contribution in [0.2, 0.25) is 0 Å². The Morgan fingerprint density at radius 3 is 1.58 bits per heavy atom. The van der Waals surface area contributed by atoms with Crippen LogP contribution < -0.4 is 11.5 Å². The maximum Gasteiger partial charge on any atom is 0.0701 e. The van der Waals surface area contributed by atoms with Crippen LogP contribution in [0.25, 0.3) is 0 Å². The molecule has 0 saturated heterocycles. The zero-order valence-electron chi connectivity index (χ0n) is 15.7. The van der Waals surface area contributed by atoms with Gasteiger partial charge in [-0.05, 0) is 6.92 Å². The molecule has 0 aromatic heterocycles. The zero-order valence-corrected chi connectivity index (χ0v) is 18.1. The van der Waals surface area contributed by atoms with Gasteiger partial charge >= 0.3 is 0 Å². The highest BCUT2D eigenvalue weighted by Gasteiger charge is 2.27. The summed E-state index contributed by atoms with van der Waals surface area (Å²) in [7, 11) is 0. The minimum atomic E-state index is -0.356. The second kappa shape index (κ2) is 25.3. The molecule has 0 spiro atoms. The molecule has 0 unspecified atom stereocenters. The third-order valence-corrected chi connectivity index (χ3v) is 3.24. The summed E-state index contributed by atoms with van der Waals surface area (Å²) >= 11 is 0. The van der Waals surface area contributed by atoms with Crippen LogP contribution in [-0.4, -0.2) is 79.2 Å². The molecule has 0 aliphatic rings. The molecule has 0 bridgehead atoms. The first kappa shape index (κ1) is 33.9. The molecule has 0 aliphatic heterocycles. The minimum absolute atomic E-state index is 0. The molecule has 0 radical (unpaired) electrons. The number of hydrogen-bond donors (Lipinski definition) is 2. The lowest BCUT2D eigenvalue weighted by molar-refractivity contribution is -0.0334. The molecular weight excluding hydrogens is 407 g/mol. The molecule has 0 heterocycles. The quantitative estimate of drug-likeness (QED) is 0.244. The maximum absolute atomic E-state index is 5.81. The molecule has 0 aromatic rings. The van der Waals surface area contributed by atoms with E-state index < -0.39 is 0 Å². The van der Waals surface area contributed by atoms with Crippen LogP contribution >= 0.6 is 37.2 Å². The van der Waals surface area contributed by atoms with E-state index >= 15 is 0 Å². The number of hydrogen-bond acceptors (Lipinski definition) is 7. The molecule has 0 rings (SSSR count). The molecule has 7 nitrogen and oxygen atoms in total. The molecule has 4 N–H and O–H groups in total. The molecule has 0 atom stereocenters. The Bertz CT molecular complexity index is 276. The second-order valence-electron chi connectivity index (χ2n) is 5.19. The molecule has 162 valence electrons. The topological polar surface area (TPSA) is 98.2 Å². The van der Waals surface area contributed by atoms with Crippen molar-refractivity contribution < 1.29 is 23.7 Å². The van der Waals surface area contributed by atoms with E-state index in [1.807, 2.05) is 6.92 Å². The molecule has 10 heteroatoms. The maximum atomic E-state index is 5.81. The van der Waals surface area contributed by atoms with Crippen LogP contribution in [0.3, 0.4) is 0 Å². The van der Waals surface area contributed by atoms with Gasteiger partial charge in [-0.1, -0.05) is 6.08 Å². The molecule has 0 fully saturated rings. The summed E-state index contributed by atoms with van der Waals surface area (Å²) in [6.45, 7) is 11.8. The van der Waals surface area contributed by atoms with Crippen molar-refractivity contribution in [2.45, 2.75) is 6.92 Å². The van der Waals surface area contributed by atoms with Crippen molar-refractivity contribution in [3.05, 3.63) is 12.7 Å². The fourth-order valence-electron chi connectivity index (χ4n) is 1.71. The lowest BCUT2D eigenvalue weighted by atomic mass is 9.90. The van der Waals surface area contributed by atoms with Crippen molar-refractivity contribution in [1.29, 1.82) is 0 Å². The smallest absolute Gasteiger partial charge is 0.0701 e. The van der Waals surface area contributed by atoms with Crippen LogP contribution in [-0.2, 0) is 23.7 Å². The fourth-order valence-corrected chi connectivity index (χ4v) is 1.71. The first-order valence-electron chi connectivity index (χ1n) is 8.14. The van der Waals surface area contributed by atoms with Crippen LogP contribution in [0, 0.1) is 5.41 Å². The second-order valence-corrected chi connectivity index (χ2v) is 5.19. The average molecular weight is 444 g/mol. The first-order valence-corrected chi connectivity index (χ1v) is 8.14. The van der Waals surface area contributed by atoms with Gasteiger partial charge in [-0.25, -0.2) is 0 Å². The monoisotopic (exact) mass is 442 g/mol. The van der Waals surface area contributed by atoms with Crippen molar-refractivity contribution in [2.75, 3.05) is 79.2 Å². The molecule has 0 amide bonds. The van der Waals surface area contributed by atoms with Crippen LogP contribution in [0.5, 0.6) is 0 Å². The first-order chi connectivity index (χ1) is 11.2. The van der Waals surface area contributed by atoms with E-state index in [0.717, 1.165) is 0 Å². The van der Waals surface area contributed by atoms with Gasteiger partial charge in [0.15, 0.2) is 0 Å². The zero-order chi connectivity index (χ0) is 17.2. The molecule has 0 aromatic carbocycles. The van der Waals surface area contributed by atoms with E-state index in [-0.39, 0.29) is 42.6 Å². The van der Waals surface area contributed by atoms with Gasteiger partial charge in [0, 0.05) is 25.1 Å². The lowest BCUT2D eigenvalue weighted by Gasteiger charge is -2.30. The number of rotatable bonds is 18. The van der Waals surface area contributed by atoms with Crippen molar-refractivity contribution in [3.63, 3.8) is 0 Å². The highest BCUT2D eigenvalue weighted by atomic mass is 35.5. The SMILES string of the molecule is C=CCOCC(CN)(CN)COCCOCCOCCOCC.Cl.Cl.Cl. The number of halogens is 3. The Morgan fingerprint density at radius 2 is 1.15 bits per heavy atom. The molecule has 26 heavy (non-hydrogen) atoms. The van der Waals surface area contributed by atoms with Crippen LogP contribution in [0.4, 0.5) is 0 Å². The summed E-state index contributed by atoms with van der Waals surface area (Å²) in [5.74, 6) is 0. The summed E-state index contributed by atoms with van der Waals surface area (Å²) in [6, 6.07) is 0. The van der Waals surface area contributed by atoms with E-state index in [1.54, 1.807) is 6.08 Å². The predicted molar refractivity (Wildman–Crippen MR) is 112 cm³/mol. The van der Waals surface area contributed by atoms with Crippen LogP contribution in [0.15, 0.2) is 12.7 Å². The standard InChI is InChI=1S/C16H34N2O5.3ClH/c1-3-5-22-14-16(12-17,13-18)15-23-11-10-21-9-8-20-7-6-19-4-2;;;/h3H,1,4-15,17-18H2,2H3;3*1H. The Labute approximate surface area is 176 Å². The van der Waals surface area contributed by atoms with Gasteiger partial charge in [-0.3, -0.25) is 0 Å². The fraction of sp³-hybridized carbons (Fsp3) is 0.875. The van der Waals surface area contributed by atoms with Gasteiger partial charge in [0.25, 0.3) is 0 Å². The highest BCUT2D eigenvalue weighted by molar-refractivity contribution is 5.86. The third kappa shape index (κ3) is 19.1. The highest BCUT2D eigenvalue weighted by Crippen LogP contribution is 2.15. The Morgan fingerprint density at radius 1 is 0.731 bits per heavy atom. The minimum Gasteiger partial charge on any atom is -0.379 e. The molecular formula is C16H37Cl3N2O5. The summed E-state index contributed by atoms with van der Waals surface area (Å²) in [4.78, 5) is 0. The van der Waals surface area contributed by atoms with E-state index in [1.165, 1.54) is 0 Å².